The molecule has 42 heavy (non-hydrogen) atoms. The minimum Gasteiger partial charge on any atom is -0.493 e. The van der Waals surface area contributed by atoms with Crippen LogP contribution in [0.1, 0.15) is 72.9 Å². The number of carbonyl (C=O) groups is 2. The van der Waals surface area contributed by atoms with Crippen molar-refractivity contribution in [1.82, 2.24) is 4.98 Å². The summed E-state index contributed by atoms with van der Waals surface area (Å²) in [6.07, 6.45) is 6.09. The van der Waals surface area contributed by atoms with E-state index in [1.54, 1.807) is 6.20 Å². The summed E-state index contributed by atoms with van der Waals surface area (Å²) in [7, 11) is 2.06. The van der Waals surface area contributed by atoms with Gasteiger partial charge in [0.25, 0.3) is 0 Å². The van der Waals surface area contributed by atoms with Crippen LogP contribution in [0.3, 0.4) is 0 Å². The summed E-state index contributed by atoms with van der Waals surface area (Å²) in [5.41, 5.74) is 15.8. The fourth-order valence-corrected chi connectivity index (χ4v) is 4.69. The molecule has 7 N–H and O–H groups in total. The minimum atomic E-state index is -0.962. The molecule has 0 aliphatic carbocycles. The number of hydrogen-bond donors (Lipinski definition) is 5. The fraction of sp³-hybridized carbons (Fsp3) is 0.406. The molecule has 226 valence electrons. The van der Waals surface area contributed by atoms with Crippen LogP contribution < -0.4 is 26.4 Å². The normalized spacial score (nSPS) is 14.6. The number of hydrogen-bond acceptors (Lipinski definition) is 8. The molecule has 2 atom stereocenters. The van der Waals surface area contributed by atoms with Gasteiger partial charge in [0.05, 0.1) is 24.1 Å². The van der Waals surface area contributed by atoms with Crippen LogP contribution in [0.5, 0.6) is 5.75 Å². The van der Waals surface area contributed by atoms with Gasteiger partial charge in [0.2, 0.25) is 0 Å². The third-order valence-electron chi connectivity index (χ3n) is 7.37. The number of unbranched alkanes of at least 4 members (excludes halogenated alkanes) is 1. The Bertz CT molecular complexity index is 1310. The molecule has 1 aromatic heterocycles. The molecule has 2 aromatic carbocycles. The van der Waals surface area contributed by atoms with Crippen molar-refractivity contribution in [3.63, 3.8) is 0 Å². The smallest absolute Gasteiger partial charge is 0.337 e. The number of aliphatic carboxylic acids is 1. The van der Waals surface area contributed by atoms with Gasteiger partial charge in [0.1, 0.15) is 11.8 Å². The molecule has 0 unspecified atom stereocenters. The number of pyridine rings is 1. The largest absolute Gasteiger partial charge is 0.493 e. The van der Waals surface area contributed by atoms with Gasteiger partial charge in [-0.25, -0.2) is 4.79 Å². The minimum absolute atomic E-state index is 0.227. The maximum absolute atomic E-state index is 11.4. The number of nitrogens with zero attached hydrogens (tertiary/aromatic N) is 2. The van der Waals surface area contributed by atoms with E-state index in [0.29, 0.717) is 37.7 Å². The molecule has 0 saturated heterocycles. The summed E-state index contributed by atoms with van der Waals surface area (Å²) < 4.78 is 5.98. The number of carboxylic acid groups (broad SMARTS) is 2. The lowest BCUT2D eigenvalue weighted by Crippen LogP contribution is -2.29. The zero-order valence-electron chi connectivity index (χ0n) is 24.6. The van der Waals surface area contributed by atoms with Crippen LogP contribution in [-0.4, -0.2) is 59.9 Å². The predicted molar refractivity (Wildman–Crippen MR) is 166 cm³/mol. The van der Waals surface area contributed by atoms with Crippen molar-refractivity contribution in [2.24, 2.45) is 11.5 Å². The molecule has 4 rings (SSSR count). The molecule has 1 aliphatic heterocycles. The molecule has 10 heteroatoms. The van der Waals surface area contributed by atoms with E-state index >= 15 is 0 Å². The first-order valence-electron chi connectivity index (χ1n) is 14.3. The van der Waals surface area contributed by atoms with Gasteiger partial charge in [-0.05, 0) is 67.1 Å². The maximum atomic E-state index is 11.4. The van der Waals surface area contributed by atoms with Crippen LogP contribution in [0.15, 0.2) is 60.9 Å². The molecule has 1 aliphatic rings. The Morgan fingerprint density at radius 3 is 2.45 bits per heavy atom. The van der Waals surface area contributed by atoms with E-state index in [1.165, 1.54) is 17.8 Å². The van der Waals surface area contributed by atoms with Gasteiger partial charge in [-0.15, -0.1) is 0 Å². The summed E-state index contributed by atoms with van der Waals surface area (Å²) in [5.74, 6) is -0.273. The van der Waals surface area contributed by atoms with Gasteiger partial charge in [0.15, 0.2) is 0 Å². The highest BCUT2D eigenvalue weighted by Crippen LogP contribution is 2.38. The number of aromatic carboxylic acids is 1. The lowest BCUT2D eigenvalue weighted by atomic mass is 9.92. The molecule has 0 amide bonds. The molecule has 0 radical (unpaired) electrons. The van der Waals surface area contributed by atoms with Crippen molar-refractivity contribution < 1.29 is 24.5 Å². The molecule has 2 heterocycles. The number of benzene rings is 2. The van der Waals surface area contributed by atoms with Crippen LogP contribution in [0.25, 0.3) is 0 Å². The van der Waals surface area contributed by atoms with Crippen molar-refractivity contribution in [3.8, 4) is 5.75 Å². The van der Waals surface area contributed by atoms with Gasteiger partial charge >= 0.3 is 11.9 Å². The molecule has 0 fully saturated rings. The molecule has 0 saturated carbocycles. The lowest BCUT2D eigenvalue weighted by molar-refractivity contribution is -0.138. The molecular weight excluding hydrogens is 534 g/mol. The highest BCUT2D eigenvalue weighted by atomic mass is 16.5. The Hall–Kier alpha value is -4.15. The van der Waals surface area contributed by atoms with Gasteiger partial charge in [0, 0.05) is 43.1 Å². The number of ether oxygens (including phenoxy) is 1. The second-order valence-electron chi connectivity index (χ2n) is 10.7. The number of rotatable bonds is 12. The van der Waals surface area contributed by atoms with Crippen molar-refractivity contribution in [1.29, 1.82) is 0 Å². The fourth-order valence-electron chi connectivity index (χ4n) is 4.69. The SMILES string of the molecule is CC(C)c1ccc(N(C)c2ccc3c(c2)OCC[C@H]3CNc2cnccc2C(=O)O)cc1.NCCCC[C@H](N)C(=O)O. The number of anilines is 3. The molecule has 0 bridgehead atoms. The van der Waals surface area contributed by atoms with E-state index in [-0.39, 0.29) is 11.5 Å². The van der Waals surface area contributed by atoms with E-state index in [9.17, 15) is 14.7 Å². The zero-order valence-corrected chi connectivity index (χ0v) is 24.6. The molecular formula is C32H43N5O5. The van der Waals surface area contributed by atoms with Gasteiger partial charge < -0.3 is 36.6 Å². The van der Waals surface area contributed by atoms with Gasteiger partial charge in [-0.1, -0.05) is 38.5 Å². The molecule has 10 nitrogen and oxygen atoms in total. The Kier molecular flexibility index (Phi) is 12.1. The number of carboxylic acids is 2. The van der Waals surface area contributed by atoms with Crippen molar-refractivity contribution in [2.45, 2.75) is 57.4 Å². The standard InChI is InChI=1S/C26H29N3O3.C6H14N2O2/c1-17(2)18-4-6-20(7-5-18)29(3)21-8-9-22-19(11-13-32-25(22)14-21)15-28-24-16-27-12-10-23(24)26(30)31;7-4-2-1-3-5(8)6(9)10/h4-10,12,14,16-17,19,28H,11,13,15H2,1-3H3,(H,30,31);5H,1-4,7-8H2,(H,9,10)/t19-;5-/m00/s1. The van der Waals surface area contributed by atoms with Crippen LogP contribution >= 0.6 is 0 Å². The first-order valence-corrected chi connectivity index (χ1v) is 14.3. The Morgan fingerprint density at radius 2 is 1.81 bits per heavy atom. The third kappa shape index (κ3) is 8.92. The van der Waals surface area contributed by atoms with E-state index in [2.05, 4.69) is 78.6 Å². The van der Waals surface area contributed by atoms with Crippen molar-refractivity contribution in [2.75, 3.05) is 37.0 Å². The van der Waals surface area contributed by atoms with Crippen LogP contribution in [0, 0.1) is 0 Å². The lowest BCUT2D eigenvalue weighted by Gasteiger charge is -2.28. The first kappa shape index (κ1) is 32.4. The highest BCUT2D eigenvalue weighted by molar-refractivity contribution is 5.93. The second kappa shape index (κ2) is 15.7. The van der Waals surface area contributed by atoms with Gasteiger partial charge in [-0.2, -0.15) is 0 Å². The summed E-state index contributed by atoms with van der Waals surface area (Å²) >= 11 is 0. The second-order valence-corrected chi connectivity index (χ2v) is 10.7. The number of nitrogens with two attached hydrogens (primary N) is 2. The van der Waals surface area contributed by atoms with Crippen LogP contribution in [0.4, 0.5) is 17.1 Å². The Morgan fingerprint density at radius 1 is 1.10 bits per heavy atom. The van der Waals surface area contributed by atoms with Crippen LogP contribution in [0.2, 0.25) is 0 Å². The number of aromatic nitrogens is 1. The summed E-state index contributed by atoms with van der Waals surface area (Å²) in [6.45, 7) is 6.25. The van der Waals surface area contributed by atoms with E-state index in [4.69, 9.17) is 21.3 Å². The zero-order chi connectivity index (χ0) is 30.6. The summed E-state index contributed by atoms with van der Waals surface area (Å²) in [5, 5.41) is 21.0. The van der Waals surface area contributed by atoms with Crippen molar-refractivity contribution >= 4 is 29.0 Å². The Labute approximate surface area is 247 Å². The summed E-state index contributed by atoms with van der Waals surface area (Å²) in [6, 6.07) is 15.8. The average molecular weight is 578 g/mol. The highest BCUT2D eigenvalue weighted by Gasteiger charge is 2.23. The molecule has 0 spiro atoms. The third-order valence-corrected chi connectivity index (χ3v) is 7.37. The van der Waals surface area contributed by atoms with Crippen molar-refractivity contribution in [3.05, 3.63) is 77.6 Å². The first-order chi connectivity index (χ1) is 20.1. The predicted octanol–water partition coefficient (Wildman–Crippen LogP) is 5.18. The molecule has 3 aromatic rings. The maximum Gasteiger partial charge on any atom is 0.337 e. The summed E-state index contributed by atoms with van der Waals surface area (Å²) in [4.78, 5) is 27.8. The van der Waals surface area contributed by atoms with Crippen LogP contribution in [-0.2, 0) is 4.79 Å². The van der Waals surface area contributed by atoms with E-state index in [1.807, 2.05) is 0 Å². The number of fused-ring (bicyclic) bond motifs is 1. The monoisotopic (exact) mass is 577 g/mol. The average Bonchev–Trinajstić information content (AvgIpc) is 2.99. The van der Waals surface area contributed by atoms with Gasteiger partial charge in [-0.3, -0.25) is 9.78 Å². The number of nitrogens with one attached hydrogen (secondary N) is 1. The Balaban J connectivity index is 0.000000416. The quantitative estimate of drug-likeness (QED) is 0.181. The van der Waals surface area contributed by atoms with E-state index < -0.39 is 18.0 Å². The topological polar surface area (TPSA) is 164 Å². The van der Waals surface area contributed by atoms with E-state index in [0.717, 1.165) is 42.0 Å².